The SMILES string of the molecule is Cc1ccc(CN2CCC(Nc3ccccc3S(C)(=O)=O)C2=O)cc1. The van der Waals surface area contributed by atoms with Crippen LogP contribution in [0.4, 0.5) is 5.69 Å². The number of likely N-dealkylation sites (tertiary alicyclic amines) is 1. The molecule has 0 saturated carbocycles. The van der Waals surface area contributed by atoms with Crippen molar-refractivity contribution in [1.29, 1.82) is 0 Å². The fourth-order valence-electron chi connectivity index (χ4n) is 3.04. The van der Waals surface area contributed by atoms with Crippen molar-refractivity contribution < 1.29 is 13.2 Å². The molecule has 6 heteroatoms. The van der Waals surface area contributed by atoms with E-state index >= 15 is 0 Å². The zero-order valence-corrected chi connectivity index (χ0v) is 15.2. The Hall–Kier alpha value is -2.34. The zero-order chi connectivity index (χ0) is 18.0. The number of sulfone groups is 1. The summed E-state index contributed by atoms with van der Waals surface area (Å²) in [4.78, 5) is 14.7. The molecule has 1 atom stereocenters. The second-order valence-corrected chi connectivity index (χ2v) is 8.48. The van der Waals surface area contributed by atoms with Crippen LogP contribution in [0.1, 0.15) is 17.5 Å². The lowest BCUT2D eigenvalue weighted by Gasteiger charge is -2.19. The van der Waals surface area contributed by atoms with Crippen LogP contribution in [0.25, 0.3) is 0 Å². The number of hydrogen-bond acceptors (Lipinski definition) is 4. The van der Waals surface area contributed by atoms with E-state index in [1.165, 1.54) is 11.8 Å². The van der Waals surface area contributed by atoms with Gasteiger partial charge in [-0.2, -0.15) is 0 Å². The summed E-state index contributed by atoms with van der Waals surface area (Å²) in [5, 5.41) is 3.12. The Morgan fingerprint density at radius 1 is 1.12 bits per heavy atom. The average molecular weight is 358 g/mol. The first-order valence-electron chi connectivity index (χ1n) is 8.24. The topological polar surface area (TPSA) is 66.5 Å². The zero-order valence-electron chi connectivity index (χ0n) is 14.4. The number of amides is 1. The molecule has 1 aliphatic heterocycles. The molecule has 0 aromatic heterocycles. The van der Waals surface area contributed by atoms with Crippen molar-refractivity contribution in [1.82, 2.24) is 4.90 Å². The maximum absolute atomic E-state index is 12.7. The van der Waals surface area contributed by atoms with E-state index in [1.807, 2.05) is 36.1 Å². The summed E-state index contributed by atoms with van der Waals surface area (Å²) in [7, 11) is -3.35. The fraction of sp³-hybridized carbons (Fsp3) is 0.316. The van der Waals surface area contributed by atoms with Crippen LogP contribution in [0.2, 0.25) is 0 Å². The Bertz CT molecular complexity index is 876. The van der Waals surface area contributed by atoms with Crippen LogP contribution in [-0.4, -0.2) is 38.1 Å². The minimum atomic E-state index is -3.35. The second kappa shape index (κ2) is 6.88. The quantitative estimate of drug-likeness (QED) is 0.892. The van der Waals surface area contributed by atoms with E-state index in [0.29, 0.717) is 25.2 Å². The van der Waals surface area contributed by atoms with Gasteiger partial charge in [-0.25, -0.2) is 8.42 Å². The average Bonchev–Trinajstić information content (AvgIpc) is 2.90. The summed E-state index contributed by atoms with van der Waals surface area (Å²) in [6.45, 7) is 3.26. The third-order valence-corrected chi connectivity index (χ3v) is 5.56. The normalized spacial score (nSPS) is 17.8. The molecule has 2 aromatic carbocycles. The van der Waals surface area contributed by atoms with Crippen molar-refractivity contribution in [3.8, 4) is 0 Å². The van der Waals surface area contributed by atoms with Crippen LogP contribution < -0.4 is 5.32 Å². The maximum atomic E-state index is 12.7. The molecule has 1 aliphatic rings. The molecule has 1 saturated heterocycles. The second-order valence-electron chi connectivity index (χ2n) is 6.50. The number of nitrogens with zero attached hydrogens (tertiary/aromatic N) is 1. The van der Waals surface area contributed by atoms with Crippen molar-refractivity contribution >= 4 is 21.4 Å². The minimum Gasteiger partial charge on any atom is -0.373 e. The van der Waals surface area contributed by atoms with Crippen molar-refractivity contribution in [2.75, 3.05) is 18.1 Å². The number of carbonyl (C=O) groups is 1. The van der Waals surface area contributed by atoms with Gasteiger partial charge in [0, 0.05) is 19.3 Å². The fourth-order valence-corrected chi connectivity index (χ4v) is 3.89. The van der Waals surface area contributed by atoms with Crippen LogP contribution in [0, 0.1) is 6.92 Å². The highest BCUT2D eigenvalue weighted by molar-refractivity contribution is 7.90. The van der Waals surface area contributed by atoms with Crippen LogP contribution in [0.15, 0.2) is 53.4 Å². The minimum absolute atomic E-state index is 0.00359. The van der Waals surface area contributed by atoms with Crippen LogP contribution in [-0.2, 0) is 21.2 Å². The molecule has 1 fully saturated rings. The van der Waals surface area contributed by atoms with Gasteiger partial charge in [0.15, 0.2) is 9.84 Å². The number of benzene rings is 2. The molecule has 3 rings (SSSR count). The van der Waals surface area contributed by atoms with Crippen LogP contribution in [0.5, 0.6) is 0 Å². The van der Waals surface area contributed by atoms with E-state index in [-0.39, 0.29) is 10.8 Å². The highest BCUT2D eigenvalue weighted by Crippen LogP contribution is 2.25. The van der Waals surface area contributed by atoms with Gasteiger partial charge < -0.3 is 10.2 Å². The van der Waals surface area contributed by atoms with Crippen LogP contribution in [0.3, 0.4) is 0 Å². The van der Waals surface area contributed by atoms with Gasteiger partial charge in [-0.3, -0.25) is 4.79 Å². The lowest BCUT2D eigenvalue weighted by molar-refractivity contribution is -0.128. The number of para-hydroxylation sites is 1. The number of anilines is 1. The molecule has 25 heavy (non-hydrogen) atoms. The molecule has 1 N–H and O–H groups in total. The summed E-state index contributed by atoms with van der Waals surface area (Å²) in [5.74, 6) is 0.00359. The number of hydrogen-bond donors (Lipinski definition) is 1. The molecule has 5 nitrogen and oxygen atoms in total. The predicted molar refractivity (Wildman–Crippen MR) is 98.2 cm³/mol. The van der Waals surface area contributed by atoms with Crippen molar-refractivity contribution in [3.05, 3.63) is 59.7 Å². The molecular formula is C19H22N2O3S. The number of aryl methyl sites for hydroxylation is 1. The van der Waals surface area contributed by atoms with Gasteiger partial charge >= 0.3 is 0 Å². The van der Waals surface area contributed by atoms with Gasteiger partial charge in [-0.1, -0.05) is 42.0 Å². The number of carbonyl (C=O) groups excluding carboxylic acids is 1. The van der Waals surface area contributed by atoms with Crippen molar-refractivity contribution in [3.63, 3.8) is 0 Å². The molecule has 0 spiro atoms. The van der Waals surface area contributed by atoms with E-state index in [0.717, 1.165) is 5.56 Å². The van der Waals surface area contributed by atoms with Gasteiger partial charge in [0.05, 0.1) is 10.6 Å². The van der Waals surface area contributed by atoms with E-state index in [9.17, 15) is 13.2 Å². The summed E-state index contributed by atoms with van der Waals surface area (Å²) < 4.78 is 23.8. The van der Waals surface area contributed by atoms with E-state index in [4.69, 9.17) is 0 Å². The Morgan fingerprint density at radius 2 is 1.80 bits per heavy atom. The molecule has 1 unspecified atom stereocenters. The Labute approximate surface area is 148 Å². The van der Waals surface area contributed by atoms with Gasteiger partial charge in [-0.15, -0.1) is 0 Å². The summed E-state index contributed by atoms with van der Waals surface area (Å²) >= 11 is 0. The molecular weight excluding hydrogens is 336 g/mol. The predicted octanol–water partition coefficient (Wildman–Crippen LogP) is 2.61. The Balaban J connectivity index is 1.72. The van der Waals surface area contributed by atoms with Crippen LogP contribution >= 0.6 is 0 Å². The number of nitrogens with one attached hydrogen (secondary N) is 1. The highest BCUT2D eigenvalue weighted by atomic mass is 32.2. The lowest BCUT2D eigenvalue weighted by atomic mass is 10.1. The first kappa shape index (κ1) is 17.5. The smallest absolute Gasteiger partial charge is 0.245 e. The summed E-state index contributed by atoms with van der Waals surface area (Å²) in [6.07, 6.45) is 1.83. The third kappa shape index (κ3) is 4.02. The monoisotopic (exact) mass is 358 g/mol. The molecule has 0 bridgehead atoms. The van der Waals surface area contributed by atoms with Gasteiger partial charge in [0.2, 0.25) is 5.91 Å². The van der Waals surface area contributed by atoms with Gasteiger partial charge in [-0.05, 0) is 31.0 Å². The first-order valence-corrected chi connectivity index (χ1v) is 10.1. The molecule has 0 aliphatic carbocycles. The molecule has 1 heterocycles. The highest BCUT2D eigenvalue weighted by Gasteiger charge is 2.32. The Morgan fingerprint density at radius 3 is 2.48 bits per heavy atom. The van der Waals surface area contributed by atoms with Crippen molar-refractivity contribution in [2.24, 2.45) is 0 Å². The van der Waals surface area contributed by atoms with Gasteiger partial charge in [0.1, 0.15) is 6.04 Å². The largest absolute Gasteiger partial charge is 0.373 e. The standard InChI is InChI=1S/C19H22N2O3S/c1-14-7-9-15(10-8-14)13-21-12-11-17(19(21)22)20-16-5-3-4-6-18(16)25(2,23)24/h3-10,17,20H,11-13H2,1-2H3. The Kier molecular flexibility index (Phi) is 4.81. The van der Waals surface area contributed by atoms with E-state index in [1.54, 1.807) is 24.3 Å². The van der Waals surface area contributed by atoms with Gasteiger partial charge in [0.25, 0.3) is 0 Å². The molecule has 2 aromatic rings. The van der Waals surface area contributed by atoms with E-state index in [2.05, 4.69) is 5.32 Å². The summed E-state index contributed by atoms with van der Waals surface area (Å²) in [5.41, 5.74) is 2.77. The number of rotatable bonds is 5. The molecule has 1 amide bonds. The summed E-state index contributed by atoms with van der Waals surface area (Å²) in [6, 6.07) is 14.4. The maximum Gasteiger partial charge on any atom is 0.245 e. The van der Waals surface area contributed by atoms with E-state index < -0.39 is 15.9 Å². The lowest BCUT2D eigenvalue weighted by Crippen LogP contribution is -2.33. The third-order valence-electron chi connectivity index (χ3n) is 4.41. The molecule has 132 valence electrons. The first-order chi connectivity index (χ1) is 11.8. The van der Waals surface area contributed by atoms with Crippen molar-refractivity contribution in [2.45, 2.75) is 30.8 Å². The molecule has 0 radical (unpaired) electrons.